The quantitative estimate of drug-likeness (QED) is 0.377. The summed E-state index contributed by atoms with van der Waals surface area (Å²) in [6.07, 6.45) is 0. The van der Waals surface area contributed by atoms with Gasteiger partial charge in [-0.1, -0.05) is 53.0 Å². The number of aromatic carboxylic acids is 1. The molecular formula is C24H23Cl2NO4. The van der Waals surface area contributed by atoms with Crippen molar-refractivity contribution in [2.24, 2.45) is 0 Å². The molecule has 162 valence electrons. The number of anilines is 1. The van der Waals surface area contributed by atoms with Gasteiger partial charge < -0.3 is 19.9 Å². The van der Waals surface area contributed by atoms with Crippen LogP contribution in [-0.4, -0.2) is 17.7 Å². The van der Waals surface area contributed by atoms with Crippen LogP contribution in [0.2, 0.25) is 10.0 Å². The van der Waals surface area contributed by atoms with Gasteiger partial charge in [0.1, 0.15) is 6.61 Å². The normalized spacial score (nSPS) is 10.6. The minimum Gasteiger partial charge on any atom is -0.490 e. The first-order chi connectivity index (χ1) is 14.9. The molecule has 3 rings (SSSR count). The van der Waals surface area contributed by atoms with E-state index in [9.17, 15) is 4.79 Å². The molecule has 0 unspecified atom stereocenters. The Kier molecular flexibility index (Phi) is 7.66. The van der Waals surface area contributed by atoms with Crippen molar-refractivity contribution in [1.82, 2.24) is 0 Å². The SMILES string of the molecule is CCOc1cc(CNc2ccc(C(=O)O)c(Cl)c2)cc(Cl)c1OCc1cccc(C)c1. The van der Waals surface area contributed by atoms with E-state index in [1.165, 1.54) is 6.07 Å². The maximum atomic E-state index is 11.1. The van der Waals surface area contributed by atoms with E-state index >= 15 is 0 Å². The second-order valence-corrected chi connectivity index (χ2v) is 7.78. The van der Waals surface area contributed by atoms with Crippen LogP contribution < -0.4 is 14.8 Å². The fraction of sp³-hybridized carbons (Fsp3) is 0.208. The van der Waals surface area contributed by atoms with Crippen molar-refractivity contribution < 1.29 is 19.4 Å². The van der Waals surface area contributed by atoms with Crippen molar-refractivity contribution in [1.29, 1.82) is 0 Å². The number of carboxylic acids is 1. The fourth-order valence-electron chi connectivity index (χ4n) is 3.09. The Balaban J connectivity index is 1.74. The molecule has 0 radical (unpaired) electrons. The van der Waals surface area contributed by atoms with Gasteiger partial charge in [-0.3, -0.25) is 0 Å². The lowest BCUT2D eigenvalue weighted by molar-refractivity contribution is 0.0697. The van der Waals surface area contributed by atoms with E-state index < -0.39 is 5.97 Å². The van der Waals surface area contributed by atoms with Gasteiger partial charge in [0.2, 0.25) is 0 Å². The largest absolute Gasteiger partial charge is 0.490 e. The number of ether oxygens (including phenoxy) is 2. The van der Waals surface area contributed by atoms with Crippen LogP contribution in [0, 0.1) is 6.92 Å². The Morgan fingerprint density at radius 2 is 1.81 bits per heavy atom. The van der Waals surface area contributed by atoms with Gasteiger partial charge in [-0.15, -0.1) is 0 Å². The maximum absolute atomic E-state index is 11.1. The zero-order valence-corrected chi connectivity index (χ0v) is 18.8. The lowest BCUT2D eigenvalue weighted by Gasteiger charge is -2.16. The van der Waals surface area contributed by atoms with Gasteiger partial charge in [0.25, 0.3) is 0 Å². The van der Waals surface area contributed by atoms with Gasteiger partial charge >= 0.3 is 5.97 Å². The number of aryl methyl sites for hydroxylation is 1. The molecule has 3 aromatic rings. The van der Waals surface area contributed by atoms with Crippen LogP contribution in [0.15, 0.2) is 54.6 Å². The Morgan fingerprint density at radius 3 is 2.48 bits per heavy atom. The maximum Gasteiger partial charge on any atom is 0.337 e. The van der Waals surface area contributed by atoms with E-state index in [1.807, 2.05) is 44.2 Å². The second kappa shape index (κ2) is 10.4. The Labute approximate surface area is 191 Å². The van der Waals surface area contributed by atoms with Crippen molar-refractivity contribution in [3.05, 3.63) is 86.9 Å². The number of rotatable bonds is 9. The molecular weight excluding hydrogens is 437 g/mol. The summed E-state index contributed by atoms with van der Waals surface area (Å²) in [6.45, 7) is 5.23. The molecule has 0 heterocycles. The molecule has 0 aliphatic heterocycles. The predicted molar refractivity (Wildman–Crippen MR) is 124 cm³/mol. The third kappa shape index (κ3) is 6.06. The highest BCUT2D eigenvalue weighted by Crippen LogP contribution is 2.37. The number of nitrogens with one attached hydrogen (secondary N) is 1. The van der Waals surface area contributed by atoms with Crippen molar-refractivity contribution in [2.75, 3.05) is 11.9 Å². The van der Waals surface area contributed by atoms with Gasteiger partial charge in [0.05, 0.1) is 22.2 Å². The summed E-state index contributed by atoms with van der Waals surface area (Å²) in [7, 11) is 0. The number of hydrogen-bond donors (Lipinski definition) is 2. The van der Waals surface area contributed by atoms with E-state index in [2.05, 4.69) is 11.4 Å². The molecule has 0 spiro atoms. The minimum atomic E-state index is -1.06. The summed E-state index contributed by atoms with van der Waals surface area (Å²) >= 11 is 12.5. The summed E-state index contributed by atoms with van der Waals surface area (Å²) in [4.78, 5) is 11.1. The average molecular weight is 460 g/mol. The topological polar surface area (TPSA) is 67.8 Å². The van der Waals surface area contributed by atoms with E-state index in [-0.39, 0.29) is 10.6 Å². The predicted octanol–water partition coefficient (Wildman–Crippen LogP) is 6.59. The first kappa shape index (κ1) is 22.8. The lowest BCUT2D eigenvalue weighted by Crippen LogP contribution is -2.04. The Hall–Kier alpha value is -2.89. The summed E-state index contributed by atoms with van der Waals surface area (Å²) < 4.78 is 11.7. The van der Waals surface area contributed by atoms with Gasteiger partial charge in [-0.25, -0.2) is 4.79 Å². The molecule has 0 atom stereocenters. The van der Waals surface area contributed by atoms with E-state index in [0.29, 0.717) is 42.0 Å². The van der Waals surface area contributed by atoms with Gasteiger partial charge in [-0.05, 0) is 55.3 Å². The third-order valence-corrected chi connectivity index (χ3v) is 5.12. The summed E-state index contributed by atoms with van der Waals surface area (Å²) in [5, 5.41) is 12.9. The molecule has 0 aliphatic carbocycles. The molecule has 7 heteroatoms. The monoisotopic (exact) mass is 459 g/mol. The smallest absolute Gasteiger partial charge is 0.337 e. The van der Waals surface area contributed by atoms with Crippen LogP contribution in [0.4, 0.5) is 5.69 Å². The molecule has 3 aromatic carbocycles. The first-order valence-electron chi connectivity index (χ1n) is 9.77. The number of hydrogen-bond acceptors (Lipinski definition) is 4. The summed E-state index contributed by atoms with van der Waals surface area (Å²) in [6, 6.07) is 16.5. The zero-order valence-electron chi connectivity index (χ0n) is 17.2. The van der Waals surface area contributed by atoms with Crippen molar-refractivity contribution in [2.45, 2.75) is 27.0 Å². The summed E-state index contributed by atoms with van der Waals surface area (Å²) in [5.41, 5.74) is 3.85. The first-order valence-corrected chi connectivity index (χ1v) is 10.5. The van der Waals surface area contributed by atoms with E-state index in [4.69, 9.17) is 37.8 Å². The Morgan fingerprint density at radius 1 is 1.00 bits per heavy atom. The van der Waals surface area contributed by atoms with Crippen LogP contribution in [0.25, 0.3) is 0 Å². The van der Waals surface area contributed by atoms with Crippen molar-refractivity contribution in [3.63, 3.8) is 0 Å². The van der Waals surface area contributed by atoms with E-state index in [1.54, 1.807) is 12.1 Å². The minimum absolute atomic E-state index is 0.0593. The number of carbonyl (C=O) groups is 1. The van der Waals surface area contributed by atoms with Crippen LogP contribution in [0.5, 0.6) is 11.5 Å². The standard InChI is InChI=1S/C24H23Cl2NO4/c1-3-30-22-11-17(13-27-18-7-8-19(24(28)29)20(25)12-18)10-21(26)23(22)31-14-16-6-4-5-15(2)9-16/h4-12,27H,3,13-14H2,1-2H3,(H,28,29). The number of halogens is 2. The molecule has 0 aliphatic rings. The highest BCUT2D eigenvalue weighted by atomic mass is 35.5. The third-order valence-electron chi connectivity index (χ3n) is 4.53. The second-order valence-electron chi connectivity index (χ2n) is 6.97. The molecule has 0 fully saturated rings. The number of benzene rings is 3. The molecule has 5 nitrogen and oxygen atoms in total. The molecule has 2 N–H and O–H groups in total. The average Bonchev–Trinajstić information content (AvgIpc) is 2.71. The van der Waals surface area contributed by atoms with Crippen LogP contribution in [0.1, 0.15) is 34.0 Å². The molecule has 0 aromatic heterocycles. The van der Waals surface area contributed by atoms with Gasteiger partial charge in [-0.2, -0.15) is 0 Å². The van der Waals surface area contributed by atoms with Gasteiger partial charge in [0, 0.05) is 12.2 Å². The lowest BCUT2D eigenvalue weighted by atomic mass is 10.1. The molecule has 0 saturated carbocycles. The highest BCUT2D eigenvalue weighted by Gasteiger charge is 2.14. The van der Waals surface area contributed by atoms with Crippen molar-refractivity contribution in [3.8, 4) is 11.5 Å². The van der Waals surface area contributed by atoms with Gasteiger partial charge in [0.15, 0.2) is 11.5 Å². The number of carboxylic acid groups (broad SMARTS) is 1. The fourth-order valence-corrected chi connectivity index (χ4v) is 3.64. The van der Waals surface area contributed by atoms with Crippen LogP contribution in [-0.2, 0) is 13.2 Å². The zero-order chi connectivity index (χ0) is 22.4. The van der Waals surface area contributed by atoms with Crippen LogP contribution in [0.3, 0.4) is 0 Å². The van der Waals surface area contributed by atoms with Crippen molar-refractivity contribution >= 4 is 34.9 Å². The summed E-state index contributed by atoms with van der Waals surface area (Å²) in [5.74, 6) is 0.00674. The Bertz CT molecular complexity index is 1090. The van der Waals surface area contributed by atoms with Crippen LogP contribution >= 0.6 is 23.2 Å². The molecule has 0 bridgehead atoms. The molecule has 31 heavy (non-hydrogen) atoms. The molecule has 0 saturated heterocycles. The van der Waals surface area contributed by atoms with E-state index in [0.717, 1.165) is 16.7 Å². The highest BCUT2D eigenvalue weighted by molar-refractivity contribution is 6.33. The molecule has 0 amide bonds.